The van der Waals surface area contributed by atoms with Crippen molar-refractivity contribution in [1.29, 1.82) is 0 Å². The Morgan fingerprint density at radius 2 is 1.92 bits per heavy atom. The van der Waals surface area contributed by atoms with Gasteiger partial charge >= 0.3 is 5.97 Å². The van der Waals surface area contributed by atoms with Gasteiger partial charge in [0.1, 0.15) is 0 Å². The van der Waals surface area contributed by atoms with Gasteiger partial charge in [-0.15, -0.1) is 0 Å². The number of rotatable bonds is 3. The summed E-state index contributed by atoms with van der Waals surface area (Å²) in [5.41, 5.74) is 8.06. The molecule has 2 heteroatoms. The molecule has 0 saturated heterocycles. The monoisotopic (exact) mass is 326 g/mol. The van der Waals surface area contributed by atoms with E-state index in [0.717, 1.165) is 18.4 Å². The smallest absolute Gasteiger partial charge is 0.328 e. The van der Waals surface area contributed by atoms with Gasteiger partial charge in [-0.2, -0.15) is 0 Å². The molecule has 0 spiro atoms. The summed E-state index contributed by atoms with van der Waals surface area (Å²) in [6.45, 7) is 11.0. The molecular formula is C22H30O2. The third kappa shape index (κ3) is 4.59. The molecule has 2 rings (SSSR count). The molecular weight excluding hydrogens is 296 g/mol. The number of carbonyl (C=O) groups is 1. The number of carboxylic acids is 1. The van der Waals surface area contributed by atoms with Gasteiger partial charge in [-0.05, 0) is 86.2 Å². The van der Waals surface area contributed by atoms with Crippen molar-refractivity contribution >= 4 is 5.97 Å². The summed E-state index contributed by atoms with van der Waals surface area (Å²) >= 11 is 0. The number of allylic oxidation sites excluding steroid dienone is 9. The highest BCUT2D eigenvalue weighted by atomic mass is 16.4. The Morgan fingerprint density at radius 1 is 1.21 bits per heavy atom. The van der Waals surface area contributed by atoms with Crippen LogP contribution in [-0.2, 0) is 4.79 Å². The van der Waals surface area contributed by atoms with E-state index in [0.29, 0.717) is 0 Å². The topological polar surface area (TPSA) is 37.3 Å². The molecule has 0 aliphatic heterocycles. The van der Waals surface area contributed by atoms with E-state index in [9.17, 15) is 4.79 Å². The first-order chi connectivity index (χ1) is 11.2. The molecule has 0 atom stereocenters. The Balaban J connectivity index is 2.29. The molecule has 0 fully saturated rings. The zero-order valence-corrected chi connectivity index (χ0v) is 15.7. The van der Waals surface area contributed by atoms with Gasteiger partial charge in [0, 0.05) is 6.08 Å². The minimum atomic E-state index is -0.886. The first kappa shape index (κ1) is 18.5. The summed E-state index contributed by atoms with van der Waals surface area (Å²) in [4.78, 5) is 10.7. The molecule has 1 N–H and O–H groups in total. The van der Waals surface area contributed by atoms with Gasteiger partial charge in [-0.25, -0.2) is 4.79 Å². The Labute approximate surface area is 146 Å². The van der Waals surface area contributed by atoms with Crippen LogP contribution in [0.1, 0.15) is 66.7 Å². The maximum absolute atomic E-state index is 10.7. The van der Waals surface area contributed by atoms with Crippen LogP contribution >= 0.6 is 0 Å². The van der Waals surface area contributed by atoms with Gasteiger partial charge in [0.05, 0.1) is 0 Å². The van der Waals surface area contributed by atoms with Crippen LogP contribution in [0, 0.1) is 5.41 Å². The largest absolute Gasteiger partial charge is 0.478 e. The second-order valence-electron chi connectivity index (χ2n) is 7.87. The van der Waals surface area contributed by atoms with Gasteiger partial charge in [0.2, 0.25) is 0 Å². The molecule has 0 heterocycles. The van der Waals surface area contributed by atoms with Crippen LogP contribution in [0.5, 0.6) is 0 Å². The van der Waals surface area contributed by atoms with Gasteiger partial charge < -0.3 is 5.11 Å². The molecule has 0 bridgehead atoms. The van der Waals surface area contributed by atoms with Crippen molar-refractivity contribution in [2.24, 2.45) is 5.41 Å². The van der Waals surface area contributed by atoms with Gasteiger partial charge in [-0.3, -0.25) is 0 Å². The third-order valence-electron chi connectivity index (χ3n) is 5.22. The summed E-state index contributed by atoms with van der Waals surface area (Å²) in [5.74, 6) is -0.886. The maximum Gasteiger partial charge on any atom is 0.328 e. The molecule has 130 valence electrons. The Kier molecular flexibility index (Phi) is 5.69. The predicted molar refractivity (Wildman–Crippen MR) is 101 cm³/mol. The lowest BCUT2D eigenvalue weighted by molar-refractivity contribution is -0.131. The summed E-state index contributed by atoms with van der Waals surface area (Å²) in [6.07, 6.45) is 13.7. The molecule has 0 aromatic heterocycles. The quantitative estimate of drug-likeness (QED) is 0.633. The molecule has 2 nitrogen and oxygen atoms in total. The summed E-state index contributed by atoms with van der Waals surface area (Å²) < 4.78 is 0. The van der Waals surface area contributed by atoms with Crippen LogP contribution in [0.3, 0.4) is 0 Å². The Bertz CT molecular complexity index is 679. The average molecular weight is 326 g/mol. The Hall–Kier alpha value is -1.83. The third-order valence-corrected chi connectivity index (χ3v) is 5.22. The van der Waals surface area contributed by atoms with Crippen molar-refractivity contribution in [3.05, 3.63) is 57.7 Å². The van der Waals surface area contributed by atoms with Crippen LogP contribution in [0.15, 0.2) is 57.7 Å². The molecule has 0 aromatic rings. The summed E-state index contributed by atoms with van der Waals surface area (Å²) in [6, 6.07) is 0. The van der Waals surface area contributed by atoms with Crippen molar-refractivity contribution < 1.29 is 9.90 Å². The minimum absolute atomic E-state index is 0.270. The second kappa shape index (κ2) is 7.38. The normalized spacial score (nSPS) is 25.2. The van der Waals surface area contributed by atoms with Crippen LogP contribution < -0.4 is 0 Å². The molecule has 0 saturated carbocycles. The fraction of sp³-hybridized carbons (Fsp3) is 0.500. The molecule has 0 unspecified atom stereocenters. The summed E-state index contributed by atoms with van der Waals surface area (Å²) in [7, 11) is 0. The molecule has 0 radical (unpaired) electrons. The molecule has 0 aromatic carbocycles. The van der Waals surface area contributed by atoms with Crippen LogP contribution in [0.25, 0.3) is 0 Å². The van der Waals surface area contributed by atoms with E-state index >= 15 is 0 Å². The van der Waals surface area contributed by atoms with Crippen LogP contribution in [-0.4, -0.2) is 11.1 Å². The number of hydrogen-bond acceptors (Lipinski definition) is 1. The number of aliphatic carboxylic acids is 1. The van der Waals surface area contributed by atoms with Gasteiger partial charge in [0.25, 0.3) is 0 Å². The average Bonchev–Trinajstić information content (AvgIpc) is 2.43. The van der Waals surface area contributed by atoms with E-state index < -0.39 is 5.97 Å². The summed E-state index contributed by atoms with van der Waals surface area (Å²) in [5, 5.41) is 8.83. The standard InChI is InChI=1S/C22H30O2/c1-15(12-21(23)24)11-18-8-9-19(17(3)13-18)14-20-16(2)7-6-10-22(20,4)5/h11-14H,6-10H2,1-5H3,(H,23,24)/b15-12-,18-11+,19-14?. The molecule has 2 aliphatic carbocycles. The molecule has 24 heavy (non-hydrogen) atoms. The second-order valence-corrected chi connectivity index (χ2v) is 7.87. The van der Waals surface area contributed by atoms with E-state index in [-0.39, 0.29) is 5.41 Å². The highest BCUT2D eigenvalue weighted by molar-refractivity contribution is 5.81. The SMILES string of the molecule is CC1=C/C(=C/C(C)=C\C(=O)O)CCC1=CC1=C(C)CCCC1(C)C. The highest BCUT2D eigenvalue weighted by Gasteiger charge is 2.27. The van der Waals surface area contributed by atoms with Gasteiger partial charge in [0.15, 0.2) is 0 Å². The Morgan fingerprint density at radius 3 is 2.50 bits per heavy atom. The van der Waals surface area contributed by atoms with E-state index in [1.54, 1.807) is 0 Å². The highest BCUT2D eigenvalue weighted by Crippen LogP contribution is 2.42. The van der Waals surface area contributed by atoms with E-state index in [1.165, 1.54) is 53.2 Å². The number of hydrogen-bond donors (Lipinski definition) is 1. The lowest BCUT2D eigenvalue weighted by Gasteiger charge is -2.34. The minimum Gasteiger partial charge on any atom is -0.478 e. The fourth-order valence-electron chi connectivity index (χ4n) is 3.88. The van der Waals surface area contributed by atoms with E-state index in [4.69, 9.17) is 5.11 Å². The van der Waals surface area contributed by atoms with Crippen molar-refractivity contribution in [2.75, 3.05) is 0 Å². The van der Waals surface area contributed by atoms with E-state index in [1.807, 2.05) is 13.0 Å². The first-order valence-electron chi connectivity index (χ1n) is 8.90. The number of carboxylic acid groups (broad SMARTS) is 1. The lowest BCUT2D eigenvalue weighted by Crippen LogP contribution is -2.19. The van der Waals surface area contributed by atoms with Crippen LogP contribution in [0.4, 0.5) is 0 Å². The van der Waals surface area contributed by atoms with Gasteiger partial charge in [-0.1, -0.05) is 37.6 Å². The molecule has 2 aliphatic rings. The van der Waals surface area contributed by atoms with Crippen molar-refractivity contribution in [1.82, 2.24) is 0 Å². The maximum atomic E-state index is 10.7. The van der Waals surface area contributed by atoms with Crippen molar-refractivity contribution in [2.45, 2.75) is 66.7 Å². The fourth-order valence-corrected chi connectivity index (χ4v) is 3.88. The van der Waals surface area contributed by atoms with Crippen LogP contribution in [0.2, 0.25) is 0 Å². The predicted octanol–water partition coefficient (Wildman–Crippen LogP) is 6.14. The molecule has 0 amide bonds. The van der Waals surface area contributed by atoms with Crippen molar-refractivity contribution in [3.8, 4) is 0 Å². The first-order valence-corrected chi connectivity index (χ1v) is 8.90. The zero-order chi connectivity index (χ0) is 17.9. The van der Waals surface area contributed by atoms with Crippen molar-refractivity contribution in [3.63, 3.8) is 0 Å². The zero-order valence-electron chi connectivity index (χ0n) is 15.7. The lowest BCUT2D eigenvalue weighted by atomic mass is 9.71. The van der Waals surface area contributed by atoms with E-state index in [2.05, 4.69) is 39.8 Å².